The molecule has 2 aliphatic rings. The van der Waals surface area contributed by atoms with Gasteiger partial charge in [0, 0.05) is 29.2 Å². The number of hydrogen-bond acceptors (Lipinski definition) is 1. The van der Waals surface area contributed by atoms with E-state index in [1.807, 2.05) is 12.1 Å². The molecule has 2 saturated carbocycles. The van der Waals surface area contributed by atoms with Crippen LogP contribution in [0.25, 0.3) is 0 Å². The van der Waals surface area contributed by atoms with Gasteiger partial charge in [-0.15, -0.1) is 0 Å². The molecule has 1 amide bonds. The standard InChI is InChI=1S/C23H26Cl2N2O.HI/c1-27(2,22-12-16-3-6-17(22)11-16)14-15-4-8-19(9-5-15)26-23(28)18-7-10-20(24)21(25)13-18;/h4-5,7-10,13,16-17,22H,3,6,11-12,14H2,1-2H3;1H. The second kappa shape index (κ2) is 9.13. The first-order valence-corrected chi connectivity index (χ1v) is 10.8. The minimum absolute atomic E-state index is 0. The van der Waals surface area contributed by atoms with Gasteiger partial charge in [0.25, 0.3) is 5.91 Å². The van der Waals surface area contributed by atoms with Crippen LogP contribution < -0.4 is 29.3 Å². The molecule has 6 heteroatoms. The first-order chi connectivity index (χ1) is 13.3. The van der Waals surface area contributed by atoms with E-state index >= 15 is 0 Å². The van der Waals surface area contributed by atoms with Gasteiger partial charge in [0.1, 0.15) is 6.54 Å². The molecule has 3 atom stereocenters. The number of halogens is 3. The predicted molar refractivity (Wildman–Crippen MR) is 116 cm³/mol. The van der Waals surface area contributed by atoms with Crippen molar-refractivity contribution in [3.05, 3.63) is 63.6 Å². The molecule has 2 aromatic carbocycles. The summed E-state index contributed by atoms with van der Waals surface area (Å²) in [5, 5.41) is 3.75. The van der Waals surface area contributed by atoms with Crippen LogP contribution in [-0.2, 0) is 6.54 Å². The lowest BCUT2D eigenvalue weighted by Gasteiger charge is -2.40. The Morgan fingerprint density at radius 2 is 1.76 bits per heavy atom. The van der Waals surface area contributed by atoms with E-state index in [0.29, 0.717) is 15.6 Å². The van der Waals surface area contributed by atoms with E-state index in [9.17, 15) is 4.79 Å². The van der Waals surface area contributed by atoms with Gasteiger partial charge in [0.15, 0.2) is 0 Å². The number of carbonyl (C=O) groups excluding carboxylic acids is 1. The highest BCUT2D eigenvalue weighted by atomic mass is 127. The highest BCUT2D eigenvalue weighted by molar-refractivity contribution is 6.42. The zero-order valence-corrected chi connectivity index (χ0v) is 20.5. The van der Waals surface area contributed by atoms with Crippen molar-refractivity contribution in [3.63, 3.8) is 0 Å². The van der Waals surface area contributed by atoms with Crippen LogP contribution in [0.3, 0.4) is 0 Å². The largest absolute Gasteiger partial charge is 1.00 e. The number of rotatable bonds is 5. The predicted octanol–water partition coefficient (Wildman–Crippen LogP) is 3.01. The van der Waals surface area contributed by atoms with Crippen molar-refractivity contribution >= 4 is 34.8 Å². The molecule has 0 heterocycles. The van der Waals surface area contributed by atoms with Gasteiger partial charge in [-0.05, 0) is 55.5 Å². The van der Waals surface area contributed by atoms with Crippen LogP contribution in [0.4, 0.5) is 5.69 Å². The fourth-order valence-corrected chi connectivity index (χ4v) is 5.49. The van der Waals surface area contributed by atoms with E-state index in [4.69, 9.17) is 23.2 Å². The SMILES string of the molecule is C[N+](C)(Cc1ccc(NC(=O)c2ccc(Cl)c(Cl)c2)cc1)C1CC2CCC1C2.[I-]. The average Bonchev–Trinajstić information content (AvgIpc) is 3.29. The van der Waals surface area contributed by atoms with E-state index in [-0.39, 0.29) is 29.9 Å². The molecule has 0 spiro atoms. The molecule has 4 rings (SSSR count). The molecular formula is C23H27Cl2IN2O. The Hall–Kier alpha value is -0.820. The smallest absolute Gasteiger partial charge is 0.255 e. The quantitative estimate of drug-likeness (QED) is 0.455. The second-order valence-electron chi connectivity index (χ2n) is 8.96. The van der Waals surface area contributed by atoms with E-state index in [1.165, 1.54) is 31.2 Å². The molecule has 2 aromatic rings. The topological polar surface area (TPSA) is 29.1 Å². The number of nitrogens with zero attached hydrogens (tertiary/aromatic N) is 1. The van der Waals surface area contributed by atoms with Gasteiger partial charge in [0.2, 0.25) is 0 Å². The molecule has 3 unspecified atom stereocenters. The van der Waals surface area contributed by atoms with Crippen molar-refractivity contribution in [2.75, 3.05) is 19.4 Å². The van der Waals surface area contributed by atoms with Crippen molar-refractivity contribution in [1.29, 1.82) is 0 Å². The minimum Gasteiger partial charge on any atom is -1.00 e. The summed E-state index contributed by atoms with van der Waals surface area (Å²) < 4.78 is 1.05. The van der Waals surface area contributed by atoms with Crippen LogP contribution in [0.1, 0.15) is 41.6 Å². The van der Waals surface area contributed by atoms with Crippen molar-refractivity contribution in [3.8, 4) is 0 Å². The van der Waals surface area contributed by atoms with E-state index < -0.39 is 0 Å². The Morgan fingerprint density at radius 3 is 2.34 bits per heavy atom. The summed E-state index contributed by atoms with van der Waals surface area (Å²) in [4.78, 5) is 12.4. The van der Waals surface area contributed by atoms with Crippen molar-refractivity contribution in [2.24, 2.45) is 11.8 Å². The summed E-state index contributed by atoms with van der Waals surface area (Å²) in [6.07, 6.45) is 5.67. The zero-order valence-electron chi connectivity index (χ0n) is 16.8. The highest BCUT2D eigenvalue weighted by Gasteiger charge is 2.47. The molecule has 0 saturated heterocycles. The lowest BCUT2D eigenvalue weighted by atomic mass is 9.92. The third-order valence-electron chi connectivity index (χ3n) is 6.58. The fourth-order valence-electron chi connectivity index (χ4n) is 5.19. The third kappa shape index (κ3) is 5.09. The number of amides is 1. The van der Waals surface area contributed by atoms with Crippen LogP contribution in [0.2, 0.25) is 10.0 Å². The number of nitrogens with one attached hydrogen (secondary N) is 1. The van der Waals surface area contributed by atoms with Gasteiger partial charge in [-0.2, -0.15) is 0 Å². The number of benzene rings is 2. The maximum Gasteiger partial charge on any atom is 0.255 e. The van der Waals surface area contributed by atoms with Crippen LogP contribution in [0, 0.1) is 11.8 Å². The normalized spacial score (nSPS) is 23.0. The second-order valence-corrected chi connectivity index (χ2v) is 9.77. The van der Waals surface area contributed by atoms with Crippen LogP contribution in [0.5, 0.6) is 0 Å². The van der Waals surface area contributed by atoms with Crippen molar-refractivity contribution in [2.45, 2.75) is 38.3 Å². The first kappa shape index (κ1) is 22.9. The summed E-state index contributed by atoms with van der Waals surface area (Å²) in [5.74, 6) is 1.68. The lowest BCUT2D eigenvalue weighted by molar-refractivity contribution is -0.931. The summed E-state index contributed by atoms with van der Waals surface area (Å²) >= 11 is 11.9. The molecule has 0 aliphatic heterocycles. The average molecular weight is 545 g/mol. The molecule has 29 heavy (non-hydrogen) atoms. The molecule has 156 valence electrons. The van der Waals surface area contributed by atoms with Gasteiger partial charge < -0.3 is 33.8 Å². The number of hydrogen-bond donors (Lipinski definition) is 1. The van der Waals surface area contributed by atoms with Crippen molar-refractivity contribution in [1.82, 2.24) is 0 Å². The molecule has 3 nitrogen and oxygen atoms in total. The molecule has 1 N–H and O–H groups in total. The summed E-state index contributed by atoms with van der Waals surface area (Å²) in [6, 6.07) is 13.9. The Kier molecular flexibility index (Phi) is 7.19. The Morgan fingerprint density at radius 1 is 1.03 bits per heavy atom. The van der Waals surface area contributed by atoms with Gasteiger partial charge in [-0.25, -0.2) is 0 Å². The van der Waals surface area contributed by atoms with Gasteiger partial charge in [-0.1, -0.05) is 35.3 Å². The molecule has 2 aliphatic carbocycles. The van der Waals surface area contributed by atoms with Crippen LogP contribution in [-0.4, -0.2) is 30.5 Å². The Labute approximate surface area is 200 Å². The summed E-state index contributed by atoms with van der Waals surface area (Å²) in [6.45, 7) is 1.02. The Balaban J connectivity index is 0.00000240. The fraction of sp³-hybridized carbons (Fsp3) is 0.435. The highest BCUT2D eigenvalue weighted by Crippen LogP contribution is 2.48. The Bertz CT molecular complexity index is 885. The van der Waals surface area contributed by atoms with E-state index in [0.717, 1.165) is 34.6 Å². The van der Waals surface area contributed by atoms with Crippen LogP contribution in [0.15, 0.2) is 42.5 Å². The lowest BCUT2D eigenvalue weighted by Crippen LogP contribution is -3.00. The number of anilines is 1. The summed E-state index contributed by atoms with van der Waals surface area (Å²) in [5.41, 5.74) is 2.58. The number of fused-ring (bicyclic) bond motifs is 2. The van der Waals surface area contributed by atoms with Gasteiger partial charge in [0.05, 0.1) is 30.2 Å². The third-order valence-corrected chi connectivity index (χ3v) is 7.32. The molecule has 0 radical (unpaired) electrons. The number of carbonyl (C=O) groups is 1. The molecular weight excluding hydrogens is 518 g/mol. The first-order valence-electron chi connectivity index (χ1n) is 10.00. The van der Waals surface area contributed by atoms with Gasteiger partial charge in [-0.3, -0.25) is 4.79 Å². The van der Waals surface area contributed by atoms with E-state index in [1.54, 1.807) is 18.2 Å². The maximum atomic E-state index is 12.4. The molecule has 0 aromatic heterocycles. The number of quaternary nitrogens is 1. The van der Waals surface area contributed by atoms with Gasteiger partial charge >= 0.3 is 0 Å². The monoisotopic (exact) mass is 544 g/mol. The molecule has 2 bridgehead atoms. The van der Waals surface area contributed by atoms with E-state index in [2.05, 4.69) is 31.5 Å². The zero-order chi connectivity index (χ0) is 19.9. The summed E-state index contributed by atoms with van der Waals surface area (Å²) in [7, 11) is 4.73. The van der Waals surface area contributed by atoms with Crippen LogP contribution >= 0.6 is 23.2 Å². The maximum absolute atomic E-state index is 12.4. The van der Waals surface area contributed by atoms with Crippen molar-refractivity contribution < 1.29 is 33.3 Å². The molecule has 2 fully saturated rings. The minimum atomic E-state index is -0.190.